The SMILES string of the molecule is CNC(c1cc(Br)ccc1F)C1CCCC1. The van der Waals surface area contributed by atoms with E-state index in [4.69, 9.17) is 0 Å². The molecule has 0 bridgehead atoms. The van der Waals surface area contributed by atoms with Crippen molar-refractivity contribution in [2.24, 2.45) is 5.92 Å². The first-order valence-corrected chi connectivity index (χ1v) is 6.64. The fourth-order valence-electron chi connectivity index (χ4n) is 2.69. The van der Waals surface area contributed by atoms with Crippen LogP contribution in [0.2, 0.25) is 0 Å². The number of rotatable bonds is 3. The molecule has 0 heterocycles. The van der Waals surface area contributed by atoms with E-state index < -0.39 is 0 Å². The number of hydrogen-bond donors (Lipinski definition) is 1. The molecule has 1 aliphatic carbocycles. The van der Waals surface area contributed by atoms with E-state index in [0.29, 0.717) is 5.92 Å². The van der Waals surface area contributed by atoms with E-state index in [1.54, 1.807) is 12.1 Å². The minimum Gasteiger partial charge on any atom is -0.313 e. The molecule has 2 rings (SSSR count). The third kappa shape index (κ3) is 2.46. The van der Waals surface area contributed by atoms with Crippen molar-refractivity contribution in [1.29, 1.82) is 0 Å². The lowest BCUT2D eigenvalue weighted by Crippen LogP contribution is -2.24. The van der Waals surface area contributed by atoms with Gasteiger partial charge < -0.3 is 5.32 Å². The van der Waals surface area contributed by atoms with Gasteiger partial charge in [0.05, 0.1) is 0 Å². The van der Waals surface area contributed by atoms with Gasteiger partial charge in [0, 0.05) is 16.1 Å². The van der Waals surface area contributed by atoms with E-state index in [1.807, 2.05) is 13.1 Å². The highest BCUT2D eigenvalue weighted by molar-refractivity contribution is 9.10. The van der Waals surface area contributed by atoms with Crippen LogP contribution in [0.3, 0.4) is 0 Å². The Bertz CT molecular complexity index is 361. The van der Waals surface area contributed by atoms with Gasteiger partial charge in [-0.2, -0.15) is 0 Å². The van der Waals surface area contributed by atoms with Crippen molar-refractivity contribution >= 4 is 15.9 Å². The first kappa shape index (κ1) is 12.1. The average Bonchev–Trinajstić information content (AvgIpc) is 2.78. The van der Waals surface area contributed by atoms with Crippen LogP contribution in [0.15, 0.2) is 22.7 Å². The van der Waals surface area contributed by atoms with Gasteiger partial charge in [0.1, 0.15) is 5.82 Å². The smallest absolute Gasteiger partial charge is 0.128 e. The van der Waals surface area contributed by atoms with Gasteiger partial charge in [0.15, 0.2) is 0 Å². The molecule has 0 spiro atoms. The Labute approximate surface area is 105 Å². The second-order valence-electron chi connectivity index (χ2n) is 4.48. The van der Waals surface area contributed by atoms with Gasteiger partial charge >= 0.3 is 0 Å². The van der Waals surface area contributed by atoms with Crippen molar-refractivity contribution in [1.82, 2.24) is 5.32 Å². The van der Waals surface area contributed by atoms with Crippen LogP contribution in [0.4, 0.5) is 4.39 Å². The quantitative estimate of drug-likeness (QED) is 0.884. The summed E-state index contributed by atoms with van der Waals surface area (Å²) >= 11 is 3.41. The highest BCUT2D eigenvalue weighted by Crippen LogP contribution is 2.37. The molecule has 88 valence electrons. The number of benzene rings is 1. The predicted octanol–water partition coefficient (Wildman–Crippen LogP) is 4.04. The van der Waals surface area contributed by atoms with Crippen molar-refractivity contribution in [3.8, 4) is 0 Å². The Morgan fingerprint density at radius 1 is 1.38 bits per heavy atom. The van der Waals surface area contributed by atoms with E-state index in [2.05, 4.69) is 21.2 Å². The summed E-state index contributed by atoms with van der Waals surface area (Å²) in [6, 6.07) is 5.34. The molecule has 1 N–H and O–H groups in total. The highest BCUT2D eigenvalue weighted by Gasteiger charge is 2.27. The lowest BCUT2D eigenvalue weighted by Gasteiger charge is -2.24. The first-order valence-electron chi connectivity index (χ1n) is 5.84. The molecule has 1 unspecified atom stereocenters. The summed E-state index contributed by atoms with van der Waals surface area (Å²) < 4.78 is 14.7. The van der Waals surface area contributed by atoms with Gasteiger partial charge in [-0.25, -0.2) is 4.39 Å². The minimum absolute atomic E-state index is 0.102. The van der Waals surface area contributed by atoms with Gasteiger partial charge in [0.25, 0.3) is 0 Å². The molecule has 1 fully saturated rings. The van der Waals surface area contributed by atoms with E-state index in [0.717, 1.165) is 10.0 Å². The lowest BCUT2D eigenvalue weighted by atomic mass is 9.91. The first-order chi connectivity index (χ1) is 7.72. The minimum atomic E-state index is -0.102. The standard InChI is InChI=1S/C13H17BrFN/c1-16-13(9-4-2-3-5-9)11-8-10(14)6-7-12(11)15/h6-9,13,16H,2-5H2,1H3. The lowest BCUT2D eigenvalue weighted by molar-refractivity contribution is 0.378. The van der Waals surface area contributed by atoms with Gasteiger partial charge in [0.2, 0.25) is 0 Å². The van der Waals surface area contributed by atoms with Crippen molar-refractivity contribution in [2.75, 3.05) is 7.05 Å². The van der Waals surface area contributed by atoms with Crippen molar-refractivity contribution in [2.45, 2.75) is 31.7 Å². The van der Waals surface area contributed by atoms with Crippen LogP contribution in [-0.2, 0) is 0 Å². The number of halogens is 2. The third-order valence-corrected chi connectivity index (χ3v) is 3.97. The molecule has 1 saturated carbocycles. The average molecular weight is 286 g/mol. The van der Waals surface area contributed by atoms with Gasteiger partial charge in [-0.15, -0.1) is 0 Å². The van der Waals surface area contributed by atoms with Gasteiger partial charge in [-0.3, -0.25) is 0 Å². The van der Waals surface area contributed by atoms with E-state index in [1.165, 1.54) is 25.7 Å². The number of nitrogens with one attached hydrogen (secondary N) is 1. The van der Waals surface area contributed by atoms with Gasteiger partial charge in [-0.05, 0) is 44.0 Å². The zero-order valence-electron chi connectivity index (χ0n) is 9.47. The maximum absolute atomic E-state index is 13.8. The summed E-state index contributed by atoms with van der Waals surface area (Å²) in [5.41, 5.74) is 0.795. The van der Waals surface area contributed by atoms with Crippen LogP contribution >= 0.6 is 15.9 Å². The maximum Gasteiger partial charge on any atom is 0.128 e. The van der Waals surface area contributed by atoms with Crippen molar-refractivity contribution in [3.63, 3.8) is 0 Å². The summed E-state index contributed by atoms with van der Waals surface area (Å²) in [4.78, 5) is 0. The van der Waals surface area contributed by atoms with E-state index >= 15 is 0 Å². The molecule has 0 aliphatic heterocycles. The summed E-state index contributed by atoms with van der Waals surface area (Å²) in [6.07, 6.45) is 4.96. The molecule has 0 radical (unpaired) electrons. The predicted molar refractivity (Wildman–Crippen MR) is 67.9 cm³/mol. The zero-order valence-corrected chi connectivity index (χ0v) is 11.1. The van der Waals surface area contributed by atoms with Crippen LogP contribution in [0.5, 0.6) is 0 Å². The van der Waals surface area contributed by atoms with Crippen molar-refractivity contribution in [3.05, 3.63) is 34.1 Å². The molecule has 1 aliphatic rings. The van der Waals surface area contributed by atoms with Crippen LogP contribution in [-0.4, -0.2) is 7.05 Å². The summed E-state index contributed by atoms with van der Waals surface area (Å²) in [6.45, 7) is 0. The topological polar surface area (TPSA) is 12.0 Å². The normalized spacial score (nSPS) is 18.9. The Balaban J connectivity index is 2.28. The van der Waals surface area contributed by atoms with Crippen LogP contribution in [0.25, 0.3) is 0 Å². The Kier molecular flexibility index (Phi) is 3.98. The second-order valence-corrected chi connectivity index (χ2v) is 5.39. The summed E-state index contributed by atoms with van der Waals surface area (Å²) in [5, 5.41) is 3.27. The van der Waals surface area contributed by atoms with Crippen LogP contribution in [0.1, 0.15) is 37.3 Å². The molecular formula is C13H17BrFN. The Morgan fingerprint density at radius 2 is 2.06 bits per heavy atom. The number of hydrogen-bond acceptors (Lipinski definition) is 1. The Morgan fingerprint density at radius 3 is 2.69 bits per heavy atom. The molecule has 0 amide bonds. The molecule has 0 saturated heterocycles. The molecule has 1 atom stereocenters. The third-order valence-electron chi connectivity index (χ3n) is 3.48. The second kappa shape index (κ2) is 5.28. The fourth-order valence-corrected chi connectivity index (χ4v) is 3.07. The molecule has 3 heteroatoms. The molecular weight excluding hydrogens is 269 g/mol. The maximum atomic E-state index is 13.8. The molecule has 0 aromatic heterocycles. The highest BCUT2D eigenvalue weighted by atomic mass is 79.9. The summed E-state index contributed by atoms with van der Waals surface area (Å²) in [5.74, 6) is 0.475. The fraction of sp³-hybridized carbons (Fsp3) is 0.538. The zero-order chi connectivity index (χ0) is 11.5. The Hall–Kier alpha value is -0.410. The van der Waals surface area contributed by atoms with E-state index in [-0.39, 0.29) is 11.9 Å². The molecule has 16 heavy (non-hydrogen) atoms. The molecule has 1 aromatic carbocycles. The van der Waals surface area contributed by atoms with Crippen molar-refractivity contribution < 1.29 is 4.39 Å². The molecule has 1 aromatic rings. The van der Waals surface area contributed by atoms with Crippen LogP contribution in [0, 0.1) is 11.7 Å². The monoisotopic (exact) mass is 285 g/mol. The largest absolute Gasteiger partial charge is 0.313 e. The van der Waals surface area contributed by atoms with Crippen LogP contribution < -0.4 is 5.32 Å². The molecule has 1 nitrogen and oxygen atoms in total. The summed E-state index contributed by atoms with van der Waals surface area (Å²) in [7, 11) is 1.92. The van der Waals surface area contributed by atoms with Gasteiger partial charge in [-0.1, -0.05) is 28.8 Å². The van der Waals surface area contributed by atoms with E-state index in [9.17, 15) is 4.39 Å².